The number of carbonyl (C=O) groups excluding carboxylic acids is 1. The van der Waals surface area contributed by atoms with Crippen LogP contribution >= 0.6 is 15.9 Å². The van der Waals surface area contributed by atoms with Gasteiger partial charge in [0.1, 0.15) is 5.82 Å². The molecule has 0 amide bonds. The van der Waals surface area contributed by atoms with E-state index >= 15 is 0 Å². The summed E-state index contributed by atoms with van der Waals surface area (Å²) in [5, 5.41) is 4.23. The lowest BCUT2D eigenvalue weighted by Crippen LogP contribution is -2.09. The Morgan fingerprint density at radius 1 is 1.42 bits per heavy atom. The van der Waals surface area contributed by atoms with Gasteiger partial charge in [0.15, 0.2) is 5.78 Å². The lowest BCUT2D eigenvalue weighted by molar-refractivity contribution is 0.0990. The van der Waals surface area contributed by atoms with E-state index in [1.54, 1.807) is 30.8 Å². The van der Waals surface area contributed by atoms with Crippen molar-refractivity contribution in [1.82, 2.24) is 9.78 Å². The van der Waals surface area contributed by atoms with Crippen molar-refractivity contribution in [3.05, 3.63) is 51.0 Å². The number of nitrogens with zero attached hydrogens (tertiary/aromatic N) is 2. The van der Waals surface area contributed by atoms with Crippen LogP contribution < -0.4 is 0 Å². The van der Waals surface area contributed by atoms with Gasteiger partial charge in [-0.25, -0.2) is 4.39 Å². The van der Waals surface area contributed by atoms with Crippen molar-refractivity contribution in [2.75, 3.05) is 0 Å². The normalized spacial score (nSPS) is 10.8. The third-order valence-electron chi connectivity index (χ3n) is 3.08. The topological polar surface area (TPSA) is 34.9 Å². The Hall–Kier alpha value is -1.49. The number of hydrogen-bond donors (Lipinski definition) is 0. The molecule has 0 saturated carbocycles. The van der Waals surface area contributed by atoms with Crippen molar-refractivity contribution in [1.29, 1.82) is 0 Å². The number of aryl methyl sites for hydroxylation is 3. The predicted octanol–water partition coefficient (Wildman–Crippen LogP) is 3.36. The molecule has 2 rings (SSSR count). The number of benzene rings is 1. The highest BCUT2D eigenvalue weighted by Gasteiger charge is 2.16. The Balaban J connectivity index is 2.28. The average molecular weight is 325 g/mol. The molecule has 0 atom stereocenters. The van der Waals surface area contributed by atoms with Gasteiger partial charge in [0.2, 0.25) is 0 Å². The minimum atomic E-state index is -0.355. The van der Waals surface area contributed by atoms with E-state index in [1.165, 1.54) is 6.07 Å². The van der Waals surface area contributed by atoms with Gasteiger partial charge in [0.25, 0.3) is 0 Å². The molecule has 100 valence electrons. The van der Waals surface area contributed by atoms with Crippen LogP contribution in [-0.4, -0.2) is 15.6 Å². The second-order valence-electron chi connectivity index (χ2n) is 4.53. The maximum Gasteiger partial charge on any atom is 0.168 e. The predicted molar refractivity (Wildman–Crippen MR) is 74.8 cm³/mol. The van der Waals surface area contributed by atoms with E-state index in [0.29, 0.717) is 11.1 Å². The highest BCUT2D eigenvalue weighted by atomic mass is 79.9. The third kappa shape index (κ3) is 2.76. The fourth-order valence-electron chi connectivity index (χ4n) is 1.89. The molecular weight excluding hydrogens is 311 g/mol. The first-order valence-electron chi connectivity index (χ1n) is 5.87. The van der Waals surface area contributed by atoms with Crippen LogP contribution in [0.4, 0.5) is 4.39 Å². The van der Waals surface area contributed by atoms with Crippen molar-refractivity contribution < 1.29 is 9.18 Å². The Kier molecular flexibility index (Phi) is 3.85. The second kappa shape index (κ2) is 5.25. The van der Waals surface area contributed by atoms with Gasteiger partial charge in [-0.3, -0.25) is 9.48 Å². The molecule has 3 nitrogen and oxygen atoms in total. The van der Waals surface area contributed by atoms with Gasteiger partial charge in [-0.05, 0) is 41.4 Å². The third-order valence-corrected chi connectivity index (χ3v) is 4.11. The molecule has 1 aromatic heterocycles. The van der Waals surface area contributed by atoms with Crippen LogP contribution in [0.15, 0.2) is 22.7 Å². The number of aromatic nitrogens is 2. The van der Waals surface area contributed by atoms with Gasteiger partial charge in [0.05, 0.1) is 22.3 Å². The van der Waals surface area contributed by atoms with Crippen LogP contribution in [-0.2, 0) is 13.5 Å². The lowest BCUT2D eigenvalue weighted by Gasteiger charge is -2.04. The number of Topliss-reactive ketones (excluding diaryl/α,β-unsaturated/α-hetero) is 1. The van der Waals surface area contributed by atoms with Crippen LogP contribution in [0.3, 0.4) is 0 Å². The first-order valence-corrected chi connectivity index (χ1v) is 6.66. The van der Waals surface area contributed by atoms with Crippen molar-refractivity contribution in [3.8, 4) is 0 Å². The molecule has 0 aliphatic rings. The Labute approximate surface area is 119 Å². The fourth-order valence-corrected chi connectivity index (χ4v) is 2.37. The molecule has 1 aromatic carbocycles. The number of carbonyl (C=O) groups is 1. The standard InChI is InChI=1S/C14H14BrFN2O/c1-8-4-5-10(6-11(8)16)13(19)7-12-14(15)9(2)17-18(12)3/h4-6H,7H2,1-3H3. The second-order valence-corrected chi connectivity index (χ2v) is 5.33. The first kappa shape index (κ1) is 13.9. The summed E-state index contributed by atoms with van der Waals surface area (Å²) in [6, 6.07) is 4.55. The minimum Gasteiger partial charge on any atom is -0.294 e. The SMILES string of the molecule is Cc1ccc(C(=O)Cc2c(Br)c(C)nn2C)cc1F. The van der Waals surface area contributed by atoms with Gasteiger partial charge in [-0.1, -0.05) is 12.1 Å². The Morgan fingerprint density at radius 3 is 2.63 bits per heavy atom. The quantitative estimate of drug-likeness (QED) is 0.811. The van der Waals surface area contributed by atoms with E-state index in [0.717, 1.165) is 15.9 Å². The van der Waals surface area contributed by atoms with E-state index in [9.17, 15) is 9.18 Å². The summed E-state index contributed by atoms with van der Waals surface area (Å²) >= 11 is 3.42. The summed E-state index contributed by atoms with van der Waals surface area (Å²) in [6.45, 7) is 3.54. The first-order chi connectivity index (χ1) is 8.90. The van der Waals surface area contributed by atoms with Gasteiger partial charge < -0.3 is 0 Å². The Bertz CT molecular complexity index is 649. The Morgan fingerprint density at radius 2 is 2.11 bits per heavy atom. The maximum atomic E-state index is 13.5. The summed E-state index contributed by atoms with van der Waals surface area (Å²) in [5.41, 5.74) is 2.55. The number of halogens is 2. The van der Waals surface area contributed by atoms with E-state index in [4.69, 9.17) is 0 Å². The van der Waals surface area contributed by atoms with Gasteiger partial charge in [-0.15, -0.1) is 0 Å². The van der Waals surface area contributed by atoms with E-state index in [-0.39, 0.29) is 18.0 Å². The van der Waals surface area contributed by atoms with Crippen molar-refractivity contribution in [3.63, 3.8) is 0 Å². The summed E-state index contributed by atoms with van der Waals surface area (Å²) in [5.74, 6) is -0.478. The van der Waals surface area contributed by atoms with Crippen LogP contribution in [0.2, 0.25) is 0 Å². The van der Waals surface area contributed by atoms with Crippen LogP contribution in [0.25, 0.3) is 0 Å². The monoisotopic (exact) mass is 324 g/mol. The number of ketones is 1. The molecule has 19 heavy (non-hydrogen) atoms. The van der Waals surface area contributed by atoms with Gasteiger partial charge in [-0.2, -0.15) is 5.10 Å². The largest absolute Gasteiger partial charge is 0.294 e. The zero-order valence-electron chi connectivity index (χ0n) is 11.0. The molecule has 0 N–H and O–H groups in total. The highest BCUT2D eigenvalue weighted by Crippen LogP contribution is 2.22. The molecule has 0 radical (unpaired) electrons. The highest BCUT2D eigenvalue weighted by molar-refractivity contribution is 9.10. The van der Waals surface area contributed by atoms with E-state index in [1.807, 2.05) is 6.92 Å². The van der Waals surface area contributed by atoms with E-state index in [2.05, 4.69) is 21.0 Å². The fraction of sp³-hybridized carbons (Fsp3) is 0.286. The molecular formula is C14H14BrFN2O. The zero-order chi connectivity index (χ0) is 14.2. The summed E-state index contributed by atoms with van der Waals surface area (Å²) < 4.78 is 16.0. The van der Waals surface area contributed by atoms with Crippen molar-refractivity contribution >= 4 is 21.7 Å². The van der Waals surface area contributed by atoms with Gasteiger partial charge >= 0.3 is 0 Å². The molecule has 0 unspecified atom stereocenters. The summed E-state index contributed by atoms with van der Waals surface area (Å²) in [6.07, 6.45) is 0.195. The van der Waals surface area contributed by atoms with E-state index < -0.39 is 0 Å². The molecule has 2 aromatic rings. The number of rotatable bonds is 3. The van der Waals surface area contributed by atoms with Crippen LogP contribution in [0, 0.1) is 19.7 Å². The van der Waals surface area contributed by atoms with Crippen LogP contribution in [0.1, 0.15) is 27.3 Å². The van der Waals surface area contributed by atoms with Crippen molar-refractivity contribution in [2.24, 2.45) is 7.05 Å². The van der Waals surface area contributed by atoms with Crippen molar-refractivity contribution in [2.45, 2.75) is 20.3 Å². The summed E-state index contributed by atoms with van der Waals surface area (Å²) in [4.78, 5) is 12.2. The molecule has 1 heterocycles. The zero-order valence-corrected chi connectivity index (χ0v) is 12.6. The smallest absolute Gasteiger partial charge is 0.168 e. The molecule has 0 aliphatic carbocycles. The molecule has 0 bridgehead atoms. The minimum absolute atomic E-state index is 0.123. The molecule has 0 spiro atoms. The van der Waals surface area contributed by atoms with Crippen LogP contribution in [0.5, 0.6) is 0 Å². The molecule has 5 heteroatoms. The van der Waals surface area contributed by atoms with Gasteiger partial charge in [0, 0.05) is 12.6 Å². The summed E-state index contributed by atoms with van der Waals surface area (Å²) in [7, 11) is 1.79. The lowest BCUT2D eigenvalue weighted by atomic mass is 10.0. The molecule has 0 fully saturated rings. The molecule has 0 saturated heterocycles. The average Bonchev–Trinajstić information content (AvgIpc) is 2.59. The number of hydrogen-bond acceptors (Lipinski definition) is 2. The molecule has 0 aliphatic heterocycles. The maximum absolute atomic E-state index is 13.5.